The molecule has 0 unspecified atom stereocenters. The molecule has 20 heavy (non-hydrogen) atoms. The van der Waals surface area contributed by atoms with Crippen molar-refractivity contribution in [2.24, 2.45) is 0 Å². The highest BCUT2D eigenvalue weighted by molar-refractivity contribution is 14.1. The molecule has 1 heterocycles. The lowest BCUT2D eigenvalue weighted by atomic mass is 10.1. The molecule has 3 rings (SSSR count). The highest BCUT2D eigenvalue weighted by Gasteiger charge is 2.11. The zero-order chi connectivity index (χ0) is 14.1. The van der Waals surface area contributed by atoms with Crippen LogP contribution in [-0.2, 0) is 0 Å². The number of benzene rings is 2. The van der Waals surface area contributed by atoms with E-state index in [1.54, 1.807) is 4.68 Å². The third-order valence-electron chi connectivity index (χ3n) is 2.94. The van der Waals surface area contributed by atoms with Gasteiger partial charge in [-0.25, -0.2) is 4.68 Å². The van der Waals surface area contributed by atoms with Gasteiger partial charge in [-0.05, 0) is 52.9 Å². The fourth-order valence-corrected chi connectivity index (χ4v) is 2.78. The predicted molar refractivity (Wildman–Crippen MR) is 91.1 cm³/mol. The van der Waals surface area contributed by atoms with Crippen molar-refractivity contribution < 1.29 is 0 Å². The maximum Gasteiger partial charge on any atom is 0.127 e. The fraction of sp³-hybridized carbons (Fsp3) is 0. The monoisotopic (exact) mass is 395 g/mol. The molecule has 5 heteroatoms. The summed E-state index contributed by atoms with van der Waals surface area (Å²) in [6.45, 7) is 0. The maximum absolute atomic E-state index is 6.06. The lowest BCUT2D eigenvalue weighted by Crippen LogP contribution is -2.01. The van der Waals surface area contributed by atoms with Gasteiger partial charge in [-0.1, -0.05) is 29.8 Å². The van der Waals surface area contributed by atoms with Crippen molar-refractivity contribution in [2.75, 3.05) is 5.73 Å². The zero-order valence-corrected chi connectivity index (χ0v) is 13.3. The summed E-state index contributed by atoms with van der Waals surface area (Å²) < 4.78 is 2.82. The van der Waals surface area contributed by atoms with Gasteiger partial charge in [0.25, 0.3) is 0 Å². The van der Waals surface area contributed by atoms with E-state index in [1.165, 1.54) is 0 Å². The van der Waals surface area contributed by atoms with Crippen molar-refractivity contribution in [1.82, 2.24) is 9.78 Å². The standard InChI is InChI=1S/C15H11ClIN3/c16-10-6-7-13(17)12(8-10)14-9-15(18)20(19-14)11-4-2-1-3-5-11/h1-9H,18H2. The predicted octanol–water partition coefficient (Wildman–Crippen LogP) is 4.38. The minimum atomic E-state index is 0.599. The Morgan fingerprint density at radius 3 is 2.55 bits per heavy atom. The van der Waals surface area contributed by atoms with Crippen LogP contribution >= 0.6 is 34.2 Å². The number of hydrogen-bond donors (Lipinski definition) is 1. The summed E-state index contributed by atoms with van der Waals surface area (Å²) in [5.41, 5.74) is 8.81. The molecule has 2 N–H and O–H groups in total. The quantitative estimate of drug-likeness (QED) is 0.655. The Morgan fingerprint density at radius 1 is 1.05 bits per heavy atom. The number of aromatic nitrogens is 2. The van der Waals surface area contributed by atoms with E-state index in [1.807, 2.05) is 54.6 Å². The molecular formula is C15H11ClIN3. The number of hydrogen-bond acceptors (Lipinski definition) is 2. The Hall–Kier alpha value is -1.53. The Kier molecular flexibility index (Phi) is 3.67. The van der Waals surface area contributed by atoms with Gasteiger partial charge >= 0.3 is 0 Å². The molecule has 3 aromatic rings. The molecule has 0 amide bonds. The van der Waals surface area contributed by atoms with E-state index in [9.17, 15) is 0 Å². The van der Waals surface area contributed by atoms with Crippen LogP contribution in [0, 0.1) is 3.57 Å². The molecule has 2 aromatic carbocycles. The molecule has 0 aliphatic carbocycles. The van der Waals surface area contributed by atoms with Crippen LogP contribution in [0.2, 0.25) is 5.02 Å². The van der Waals surface area contributed by atoms with Crippen LogP contribution in [0.5, 0.6) is 0 Å². The van der Waals surface area contributed by atoms with Crippen LogP contribution in [0.1, 0.15) is 0 Å². The molecule has 0 fully saturated rings. The molecule has 0 aliphatic rings. The first-order chi connectivity index (χ1) is 9.65. The van der Waals surface area contributed by atoms with Gasteiger partial charge in [0.1, 0.15) is 5.82 Å². The van der Waals surface area contributed by atoms with E-state index < -0.39 is 0 Å². The van der Waals surface area contributed by atoms with Gasteiger partial charge in [-0.2, -0.15) is 5.10 Å². The van der Waals surface area contributed by atoms with E-state index in [0.29, 0.717) is 10.8 Å². The molecule has 0 aliphatic heterocycles. The summed E-state index contributed by atoms with van der Waals surface area (Å²) in [4.78, 5) is 0. The summed E-state index contributed by atoms with van der Waals surface area (Å²) >= 11 is 8.33. The van der Waals surface area contributed by atoms with Crippen LogP contribution < -0.4 is 5.73 Å². The first-order valence-electron chi connectivity index (χ1n) is 6.01. The van der Waals surface area contributed by atoms with Crippen LogP contribution in [0.15, 0.2) is 54.6 Å². The van der Waals surface area contributed by atoms with Gasteiger partial charge in [0.2, 0.25) is 0 Å². The third-order valence-corrected chi connectivity index (χ3v) is 4.12. The first kappa shape index (κ1) is 13.5. The van der Waals surface area contributed by atoms with Crippen LogP contribution in [0.4, 0.5) is 5.82 Å². The van der Waals surface area contributed by atoms with E-state index in [-0.39, 0.29) is 0 Å². The zero-order valence-electron chi connectivity index (χ0n) is 10.4. The van der Waals surface area contributed by atoms with Gasteiger partial charge < -0.3 is 5.73 Å². The Labute approximate surface area is 135 Å². The number of nitrogens with two attached hydrogens (primary N) is 1. The largest absolute Gasteiger partial charge is 0.384 e. The molecule has 0 saturated carbocycles. The van der Waals surface area contributed by atoms with Crippen molar-refractivity contribution >= 4 is 40.0 Å². The molecule has 100 valence electrons. The molecule has 1 aromatic heterocycles. The fourth-order valence-electron chi connectivity index (χ4n) is 2.00. The second kappa shape index (κ2) is 5.46. The van der Waals surface area contributed by atoms with Crippen LogP contribution in [-0.4, -0.2) is 9.78 Å². The molecule has 0 radical (unpaired) electrons. The number of rotatable bonds is 2. The maximum atomic E-state index is 6.06. The van der Waals surface area contributed by atoms with Crippen LogP contribution in [0.3, 0.4) is 0 Å². The second-order valence-electron chi connectivity index (χ2n) is 4.33. The summed E-state index contributed by atoms with van der Waals surface area (Å²) in [6.07, 6.45) is 0. The number of anilines is 1. The average molecular weight is 396 g/mol. The highest BCUT2D eigenvalue weighted by Crippen LogP contribution is 2.29. The summed E-state index contributed by atoms with van der Waals surface area (Å²) in [5.74, 6) is 0.599. The van der Waals surface area contributed by atoms with Crippen molar-refractivity contribution in [2.45, 2.75) is 0 Å². The number of nitrogens with zero attached hydrogens (tertiary/aromatic N) is 2. The van der Waals surface area contributed by atoms with Crippen LogP contribution in [0.25, 0.3) is 16.9 Å². The minimum Gasteiger partial charge on any atom is -0.384 e. The normalized spacial score (nSPS) is 10.7. The number of halogens is 2. The van der Waals surface area contributed by atoms with Crippen molar-refractivity contribution in [3.05, 3.63) is 63.2 Å². The molecule has 3 nitrogen and oxygen atoms in total. The van der Waals surface area contributed by atoms with Gasteiger partial charge in [-0.3, -0.25) is 0 Å². The molecule has 0 spiro atoms. The van der Waals surface area contributed by atoms with Gasteiger partial charge in [0, 0.05) is 20.2 Å². The van der Waals surface area contributed by atoms with Gasteiger partial charge in [0.05, 0.1) is 11.4 Å². The number of nitrogen functional groups attached to an aromatic ring is 1. The molecule has 0 atom stereocenters. The first-order valence-corrected chi connectivity index (χ1v) is 7.47. The molecule has 0 saturated heterocycles. The third kappa shape index (κ3) is 2.53. The number of para-hydroxylation sites is 1. The minimum absolute atomic E-state index is 0.599. The lowest BCUT2D eigenvalue weighted by Gasteiger charge is -2.03. The van der Waals surface area contributed by atoms with Crippen molar-refractivity contribution in [3.8, 4) is 16.9 Å². The van der Waals surface area contributed by atoms with Gasteiger partial charge in [-0.15, -0.1) is 0 Å². The smallest absolute Gasteiger partial charge is 0.127 e. The van der Waals surface area contributed by atoms with E-state index >= 15 is 0 Å². The summed E-state index contributed by atoms with van der Waals surface area (Å²) in [7, 11) is 0. The highest BCUT2D eigenvalue weighted by atomic mass is 127. The second-order valence-corrected chi connectivity index (χ2v) is 5.92. The SMILES string of the molecule is Nc1cc(-c2cc(Cl)ccc2I)nn1-c1ccccc1. The summed E-state index contributed by atoms with van der Waals surface area (Å²) in [5, 5.41) is 5.27. The van der Waals surface area contributed by atoms with E-state index in [4.69, 9.17) is 17.3 Å². The van der Waals surface area contributed by atoms with Gasteiger partial charge in [0.15, 0.2) is 0 Å². The topological polar surface area (TPSA) is 43.8 Å². The average Bonchev–Trinajstić information content (AvgIpc) is 2.84. The summed E-state index contributed by atoms with van der Waals surface area (Å²) in [6, 6.07) is 17.4. The van der Waals surface area contributed by atoms with Crippen molar-refractivity contribution in [3.63, 3.8) is 0 Å². The molecule has 0 bridgehead atoms. The Bertz CT molecular complexity index is 753. The van der Waals surface area contributed by atoms with Crippen molar-refractivity contribution in [1.29, 1.82) is 0 Å². The Morgan fingerprint density at radius 2 is 1.80 bits per heavy atom. The van der Waals surface area contributed by atoms with E-state index in [2.05, 4.69) is 27.7 Å². The van der Waals surface area contributed by atoms with E-state index in [0.717, 1.165) is 20.5 Å². The Balaban J connectivity index is 2.11. The lowest BCUT2D eigenvalue weighted by molar-refractivity contribution is 0.895. The molecular weight excluding hydrogens is 385 g/mol.